The van der Waals surface area contributed by atoms with Crippen LogP contribution in [0.3, 0.4) is 0 Å². The summed E-state index contributed by atoms with van der Waals surface area (Å²) in [5, 5.41) is 11.3. The van der Waals surface area contributed by atoms with E-state index in [0.717, 1.165) is 15.0 Å². The number of nitro groups is 1. The first kappa shape index (κ1) is 8.96. The molecule has 0 aliphatic carbocycles. The fourth-order valence-corrected chi connectivity index (χ4v) is 2.31. The Bertz CT molecular complexity index is 519. The first-order valence-electron chi connectivity index (χ1n) is 4.02. The molecule has 0 bridgehead atoms. The molecular weight excluding hydrogens is 200 g/mol. The Balaban J connectivity index is 2.76. The van der Waals surface area contributed by atoms with Crippen molar-refractivity contribution in [2.24, 2.45) is 0 Å². The normalized spacial score (nSPS) is 10.6. The third-order valence-corrected chi connectivity index (χ3v) is 3.21. The second kappa shape index (κ2) is 2.95. The zero-order valence-corrected chi connectivity index (χ0v) is 8.30. The Morgan fingerprint density at radius 1 is 1.50 bits per heavy atom. The minimum atomic E-state index is -0.411. The van der Waals surface area contributed by atoms with Gasteiger partial charge in [-0.1, -0.05) is 0 Å². The molecule has 0 spiro atoms. The van der Waals surface area contributed by atoms with Gasteiger partial charge < -0.3 is 5.73 Å². The molecule has 2 rings (SSSR count). The molecule has 0 amide bonds. The van der Waals surface area contributed by atoms with Gasteiger partial charge in [-0.05, 0) is 13.0 Å². The van der Waals surface area contributed by atoms with Crippen LogP contribution in [-0.4, -0.2) is 4.92 Å². The largest absolute Gasteiger partial charge is 0.397 e. The van der Waals surface area contributed by atoms with Crippen molar-refractivity contribution >= 4 is 32.8 Å². The number of nitro benzene ring substituents is 1. The molecule has 0 saturated carbocycles. The smallest absolute Gasteiger partial charge is 0.270 e. The number of aryl methyl sites for hydroxylation is 1. The number of benzene rings is 1. The molecule has 0 aliphatic heterocycles. The average molecular weight is 208 g/mol. The van der Waals surface area contributed by atoms with Crippen LogP contribution in [0.15, 0.2) is 18.2 Å². The lowest BCUT2D eigenvalue weighted by Crippen LogP contribution is -1.88. The molecule has 0 aliphatic rings. The van der Waals surface area contributed by atoms with Gasteiger partial charge in [0, 0.05) is 27.1 Å². The lowest BCUT2D eigenvalue weighted by atomic mass is 10.2. The van der Waals surface area contributed by atoms with Gasteiger partial charge in [-0.2, -0.15) is 0 Å². The van der Waals surface area contributed by atoms with Crippen LogP contribution in [0.2, 0.25) is 0 Å². The lowest BCUT2D eigenvalue weighted by molar-refractivity contribution is -0.384. The number of nitrogens with two attached hydrogens (primary N) is 1. The van der Waals surface area contributed by atoms with Crippen molar-refractivity contribution in [3.05, 3.63) is 33.2 Å². The SMILES string of the molecule is Cc1sc2ccc([N+](=O)[O-])cc2c1N. The van der Waals surface area contributed by atoms with Crippen molar-refractivity contribution in [3.8, 4) is 0 Å². The van der Waals surface area contributed by atoms with Crippen molar-refractivity contribution in [3.63, 3.8) is 0 Å². The Labute approximate surface area is 84.1 Å². The molecule has 72 valence electrons. The number of non-ortho nitro benzene ring substituents is 1. The van der Waals surface area contributed by atoms with Crippen LogP contribution in [0.4, 0.5) is 11.4 Å². The van der Waals surface area contributed by atoms with Gasteiger partial charge in [-0.3, -0.25) is 10.1 Å². The fourth-order valence-electron chi connectivity index (χ4n) is 1.34. The minimum absolute atomic E-state index is 0.0852. The summed E-state index contributed by atoms with van der Waals surface area (Å²) in [4.78, 5) is 11.1. The van der Waals surface area contributed by atoms with E-state index in [1.165, 1.54) is 12.1 Å². The standard InChI is InChI=1S/C9H8N2O2S/c1-5-9(10)7-4-6(11(12)13)2-3-8(7)14-5/h2-4H,10H2,1H3. The number of fused-ring (bicyclic) bond motifs is 1. The summed E-state index contributed by atoms with van der Waals surface area (Å²) in [5.74, 6) is 0. The van der Waals surface area contributed by atoms with E-state index in [0.29, 0.717) is 5.69 Å². The highest BCUT2D eigenvalue weighted by Gasteiger charge is 2.11. The molecule has 0 atom stereocenters. The van der Waals surface area contributed by atoms with E-state index in [4.69, 9.17) is 5.73 Å². The van der Waals surface area contributed by atoms with Gasteiger partial charge in [-0.15, -0.1) is 11.3 Å². The topological polar surface area (TPSA) is 69.2 Å². The Morgan fingerprint density at radius 3 is 2.86 bits per heavy atom. The molecule has 0 fully saturated rings. The summed E-state index contributed by atoms with van der Waals surface area (Å²) in [7, 11) is 0. The molecule has 14 heavy (non-hydrogen) atoms. The van der Waals surface area contributed by atoms with Crippen molar-refractivity contribution in [2.75, 3.05) is 5.73 Å². The number of anilines is 1. The van der Waals surface area contributed by atoms with Crippen LogP contribution in [0.25, 0.3) is 10.1 Å². The third-order valence-electron chi connectivity index (χ3n) is 2.11. The average Bonchev–Trinajstić information content (AvgIpc) is 2.43. The Kier molecular flexibility index (Phi) is 1.89. The maximum Gasteiger partial charge on any atom is 0.270 e. The highest BCUT2D eigenvalue weighted by atomic mass is 32.1. The van der Waals surface area contributed by atoms with Crippen LogP contribution >= 0.6 is 11.3 Å². The summed E-state index contributed by atoms with van der Waals surface area (Å²) in [5.41, 5.74) is 6.53. The first-order chi connectivity index (χ1) is 6.59. The van der Waals surface area contributed by atoms with Gasteiger partial charge >= 0.3 is 0 Å². The van der Waals surface area contributed by atoms with E-state index in [1.807, 2.05) is 6.92 Å². The summed E-state index contributed by atoms with van der Waals surface area (Å²) >= 11 is 1.55. The number of thiophene rings is 1. The van der Waals surface area contributed by atoms with E-state index >= 15 is 0 Å². The van der Waals surface area contributed by atoms with E-state index in [9.17, 15) is 10.1 Å². The predicted molar refractivity (Wildman–Crippen MR) is 57.6 cm³/mol. The van der Waals surface area contributed by atoms with E-state index in [-0.39, 0.29) is 5.69 Å². The maximum atomic E-state index is 10.5. The highest BCUT2D eigenvalue weighted by Crippen LogP contribution is 2.34. The molecule has 2 aromatic rings. The van der Waals surface area contributed by atoms with E-state index < -0.39 is 4.92 Å². The van der Waals surface area contributed by atoms with Crippen molar-refractivity contribution < 1.29 is 4.92 Å². The molecule has 5 heteroatoms. The summed E-state index contributed by atoms with van der Waals surface area (Å²) in [6, 6.07) is 4.76. The third kappa shape index (κ3) is 1.22. The first-order valence-corrected chi connectivity index (χ1v) is 4.84. The minimum Gasteiger partial charge on any atom is -0.397 e. The number of hydrogen-bond donors (Lipinski definition) is 1. The summed E-state index contributed by atoms with van der Waals surface area (Å²) in [6.07, 6.45) is 0. The van der Waals surface area contributed by atoms with Gasteiger partial charge in [0.1, 0.15) is 0 Å². The Morgan fingerprint density at radius 2 is 2.21 bits per heavy atom. The number of nitrogens with zero attached hydrogens (tertiary/aromatic N) is 1. The zero-order valence-electron chi connectivity index (χ0n) is 7.48. The van der Waals surface area contributed by atoms with Crippen LogP contribution in [-0.2, 0) is 0 Å². The van der Waals surface area contributed by atoms with Crippen LogP contribution in [0.1, 0.15) is 4.88 Å². The summed E-state index contributed by atoms with van der Waals surface area (Å²) < 4.78 is 0.991. The van der Waals surface area contributed by atoms with Crippen LogP contribution < -0.4 is 5.73 Å². The number of nitrogen functional groups attached to an aromatic ring is 1. The molecular formula is C9H8N2O2S. The molecule has 2 N–H and O–H groups in total. The van der Waals surface area contributed by atoms with Crippen molar-refractivity contribution in [2.45, 2.75) is 6.92 Å². The van der Waals surface area contributed by atoms with Gasteiger partial charge in [-0.25, -0.2) is 0 Å². The molecule has 1 aromatic carbocycles. The summed E-state index contributed by atoms with van der Waals surface area (Å²) in [6.45, 7) is 1.91. The van der Waals surface area contributed by atoms with Gasteiger partial charge in [0.05, 0.1) is 10.6 Å². The lowest BCUT2D eigenvalue weighted by Gasteiger charge is -1.93. The molecule has 0 saturated heterocycles. The molecule has 0 unspecified atom stereocenters. The maximum absolute atomic E-state index is 10.5. The highest BCUT2D eigenvalue weighted by molar-refractivity contribution is 7.19. The van der Waals surface area contributed by atoms with E-state index in [2.05, 4.69) is 0 Å². The zero-order chi connectivity index (χ0) is 10.3. The van der Waals surface area contributed by atoms with Crippen LogP contribution in [0, 0.1) is 17.0 Å². The number of hydrogen-bond acceptors (Lipinski definition) is 4. The number of rotatable bonds is 1. The monoisotopic (exact) mass is 208 g/mol. The quantitative estimate of drug-likeness (QED) is 0.578. The molecule has 4 nitrogen and oxygen atoms in total. The van der Waals surface area contributed by atoms with Gasteiger partial charge in [0.2, 0.25) is 0 Å². The van der Waals surface area contributed by atoms with Gasteiger partial charge in [0.15, 0.2) is 0 Å². The van der Waals surface area contributed by atoms with E-state index in [1.54, 1.807) is 17.4 Å². The predicted octanol–water partition coefficient (Wildman–Crippen LogP) is 2.70. The van der Waals surface area contributed by atoms with Crippen molar-refractivity contribution in [1.29, 1.82) is 0 Å². The Hall–Kier alpha value is -1.62. The van der Waals surface area contributed by atoms with Gasteiger partial charge in [0.25, 0.3) is 5.69 Å². The molecule has 1 aromatic heterocycles. The van der Waals surface area contributed by atoms with Crippen LogP contribution in [0.5, 0.6) is 0 Å². The van der Waals surface area contributed by atoms with Crippen molar-refractivity contribution in [1.82, 2.24) is 0 Å². The fraction of sp³-hybridized carbons (Fsp3) is 0.111. The molecule has 1 heterocycles. The molecule has 0 radical (unpaired) electrons. The second-order valence-corrected chi connectivity index (χ2v) is 4.27. The second-order valence-electron chi connectivity index (χ2n) is 3.01.